The lowest BCUT2D eigenvalue weighted by molar-refractivity contribution is 0.244. The fraction of sp³-hybridized carbons (Fsp3) is 0.333. The zero-order valence-corrected chi connectivity index (χ0v) is 12.8. The Hall–Kier alpha value is -1.14. The molecule has 0 fully saturated rings. The van der Waals surface area contributed by atoms with Gasteiger partial charge in [-0.1, -0.05) is 11.3 Å². The summed E-state index contributed by atoms with van der Waals surface area (Å²) in [6.07, 6.45) is 0.152. The molecule has 2 rings (SSSR count). The standard InChI is InChI=1S/C12H14BrN3OS/c1-7(2)17-10-5-4-8(6-9(10)14-3)11-15-16-12(13)18-11/h4-7,14H,1-3H3. The van der Waals surface area contributed by atoms with E-state index in [9.17, 15) is 0 Å². The van der Waals surface area contributed by atoms with Crippen molar-refractivity contribution in [3.8, 4) is 16.3 Å². The first-order valence-corrected chi connectivity index (χ1v) is 7.19. The highest BCUT2D eigenvalue weighted by Crippen LogP contribution is 2.33. The number of rotatable bonds is 4. The van der Waals surface area contributed by atoms with Gasteiger partial charge >= 0.3 is 0 Å². The van der Waals surface area contributed by atoms with Gasteiger partial charge < -0.3 is 10.1 Å². The number of ether oxygens (including phenoxy) is 1. The van der Waals surface area contributed by atoms with Gasteiger partial charge in [0.2, 0.25) is 0 Å². The Labute approximate surface area is 119 Å². The van der Waals surface area contributed by atoms with Crippen molar-refractivity contribution >= 4 is 33.0 Å². The quantitative estimate of drug-likeness (QED) is 0.927. The van der Waals surface area contributed by atoms with Crippen molar-refractivity contribution in [3.63, 3.8) is 0 Å². The Morgan fingerprint density at radius 2 is 2.11 bits per heavy atom. The van der Waals surface area contributed by atoms with Crippen LogP contribution in [0.3, 0.4) is 0 Å². The van der Waals surface area contributed by atoms with Crippen molar-refractivity contribution in [2.75, 3.05) is 12.4 Å². The second-order valence-corrected chi connectivity index (χ2v) is 6.24. The van der Waals surface area contributed by atoms with Crippen molar-refractivity contribution in [2.45, 2.75) is 20.0 Å². The van der Waals surface area contributed by atoms with Crippen molar-refractivity contribution in [2.24, 2.45) is 0 Å². The third kappa shape index (κ3) is 3.00. The van der Waals surface area contributed by atoms with Gasteiger partial charge in [-0.05, 0) is 48.0 Å². The first-order chi connectivity index (χ1) is 8.60. The topological polar surface area (TPSA) is 47.0 Å². The minimum atomic E-state index is 0.152. The van der Waals surface area contributed by atoms with E-state index in [0.717, 1.165) is 25.9 Å². The normalized spacial score (nSPS) is 10.7. The Morgan fingerprint density at radius 3 is 2.67 bits per heavy atom. The largest absolute Gasteiger partial charge is 0.489 e. The monoisotopic (exact) mass is 327 g/mol. The highest BCUT2D eigenvalue weighted by molar-refractivity contribution is 9.11. The molecule has 0 atom stereocenters. The van der Waals surface area contributed by atoms with E-state index in [1.54, 1.807) is 0 Å². The Morgan fingerprint density at radius 1 is 1.33 bits per heavy atom. The first kappa shape index (κ1) is 13.3. The smallest absolute Gasteiger partial charge is 0.183 e. The van der Waals surface area contributed by atoms with Crippen LogP contribution in [-0.4, -0.2) is 23.3 Å². The van der Waals surface area contributed by atoms with Gasteiger partial charge in [0.1, 0.15) is 10.8 Å². The summed E-state index contributed by atoms with van der Waals surface area (Å²) >= 11 is 4.82. The van der Waals surface area contributed by atoms with Gasteiger partial charge in [-0.2, -0.15) is 0 Å². The van der Waals surface area contributed by atoms with Crippen LogP contribution in [0.5, 0.6) is 5.75 Å². The van der Waals surface area contributed by atoms with Crippen LogP contribution in [0, 0.1) is 0 Å². The lowest BCUT2D eigenvalue weighted by atomic mass is 10.2. The minimum absolute atomic E-state index is 0.152. The van der Waals surface area contributed by atoms with Crippen LogP contribution in [0.1, 0.15) is 13.8 Å². The molecule has 1 heterocycles. The van der Waals surface area contributed by atoms with Crippen molar-refractivity contribution in [1.82, 2.24) is 10.2 Å². The maximum absolute atomic E-state index is 5.73. The molecule has 0 aliphatic rings. The van der Waals surface area contributed by atoms with Gasteiger partial charge in [0, 0.05) is 12.6 Å². The van der Waals surface area contributed by atoms with Gasteiger partial charge in [0.15, 0.2) is 3.92 Å². The highest BCUT2D eigenvalue weighted by Gasteiger charge is 2.10. The van der Waals surface area contributed by atoms with E-state index in [2.05, 4.69) is 31.4 Å². The van der Waals surface area contributed by atoms with Crippen LogP contribution in [-0.2, 0) is 0 Å². The molecular formula is C12H14BrN3OS. The van der Waals surface area contributed by atoms with Crippen molar-refractivity contribution < 1.29 is 4.74 Å². The number of halogens is 1. The summed E-state index contributed by atoms with van der Waals surface area (Å²) < 4.78 is 6.51. The summed E-state index contributed by atoms with van der Waals surface area (Å²) in [5, 5.41) is 12.1. The number of nitrogens with zero attached hydrogens (tertiary/aromatic N) is 2. The van der Waals surface area contributed by atoms with E-state index >= 15 is 0 Å². The Bertz CT molecular complexity index is 542. The predicted octanol–water partition coefficient (Wildman–Crippen LogP) is 3.80. The lowest BCUT2D eigenvalue weighted by Crippen LogP contribution is -2.07. The third-order valence-electron chi connectivity index (χ3n) is 2.26. The van der Waals surface area contributed by atoms with Gasteiger partial charge in [-0.3, -0.25) is 0 Å². The maximum Gasteiger partial charge on any atom is 0.183 e. The van der Waals surface area contributed by atoms with Gasteiger partial charge in [0.05, 0.1) is 11.8 Å². The summed E-state index contributed by atoms with van der Waals surface area (Å²) in [7, 11) is 1.88. The minimum Gasteiger partial charge on any atom is -0.489 e. The molecule has 0 unspecified atom stereocenters. The zero-order valence-electron chi connectivity index (χ0n) is 10.4. The molecule has 0 radical (unpaired) electrons. The molecule has 0 saturated carbocycles. The molecule has 18 heavy (non-hydrogen) atoms. The second kappa shape index (κ2) is 5.67. The molecule has 1 N–H and O–H groups in total. The molecule has 1 aromatic carbocycles. The van der Waals surface area contributed by atoms with Crippen LogP contribution in [0.15, 0.2) is 22.1 Å². The predicted molar refractivity (Wildman–Crippen MR) is 78.4 cm³/mol. The molecule has 6 heteroatoms. The molecule has 0 amide bonds. The van der Waals surface area contributed by atoms with E-state index in [0.29, 0.717) is 0 Å². The molecule has 0 aliphatic heterocycles. The molecule has 0 bridgehead atoms. The zero-order chi connectivity index (χ0) is 13.1. The number of anilines is 1. The summed E-state index contributed by atoms with van der Waals surface area (Å²) in [5.41, 5.74) is 1.98. The summed E-state index contributed by atoms with van der Waals surface area (Å²) in [6.45, 7) is 4.02. The molecule has 96 valence electrons. The second-order valence-electron chi connectivity index (χ2n) is 3.99. The van der Waals surface area contributed by atoms with Crippen molar-refractivity contribution in [3.05, 3.63) is 22.1 Å². The van der Waals surface area contributed by atoms with Gasteiger partial charge in [-0.15, -0.1) is 10.2 Å². The third-order valence-corrected chi connectivity index (χ3v) is 3.66. The van der Waals surface area contributed by atoms with E-state index in [1.807, 2.05) is 39.1 Å². The number of hydrogen-bond acceptors (Lipinski definition) is 5. The van der Waals surface area contributed by atoms with Gasteiger partial charge in [-0.25, -0.2) is 0 Å². The number of aromatic nitrogens is 2. The fourth-order valence-corrected chi connectivity index (χ4v) is 2.64. The van der Waals surface area contributed by atoms with Crippen LogP contribution in [0.4, 0.5) is 5.69 Å². The average Bonchev–Trinajstić information content (AvgIpc) is 2.75. The van der Waals surface area contributed by atoms with E-state index < -0.39 is 0 Å². The highest BCUT2D eigenvalue weighted by atomic mass is 79.9. The molecular weight excluding hydrogens is 314 g/mol. The maximum atomic E-state index is 5.73. The molecule has 0 aliphatic carbocycles. The summed E-state index contributed by atoms with van der Waals surface area (Å²) in [4.78, 5) is 0. The lowest BCUT2D eigenvalue weighted by Gasteiger charge is -2.14. The summed E-state index contributed by atoms with van der Waals surface area (Å²) in [5.74, 6) is 0.847. The van der Waals surface area contributed by atoms with E-state index in [-0.39, 0.29) is 6.10 Å². The first-order valence-electron chi connectivity index (χ1n) is 5.58. The molecule has 1 aromatic heterocycles. The molecule has 2 aromatic rings. The van der Waals surface area contributed by atoms with Crippen LogP contribution >= 0.6 is 27.3 Å². The van der Waals surface area contributed by atoms with Crippen LogP contribution < -0.4 is 10.1 Å². The van der Waals surface area contributed by atoms with Crippen LogP contribution in [0.2, 0.25) is 0 Å². The van der Waals surface area contributed by atoms with Crippen molar-refractivity contribution in [1.29, 1.82) is 0 Å². The number of benzene rings is 1. The van der Waals surface area contributed by atoms with Crippen LogP contribution in [0.25, 0.3) is 10.6 Å². The Kier molecular flexibility index (Phi) is 4.19. The SMILES string of the molecule is CNc1cc(-c2nnc(Br)s2)ccc1OC(C)C. The van der Waals surface area contributed by atoms with E-state index in [4.69, 9.17) is 4.74 Å². The number of hydrogen-bond donors (Lipinski definition) is 1. The molecule has 0 saturated heterocycles. The van der Waals surface area contributed by atoms with Gasteiger partial charge in [0.25, 0.3) is 0 Å². The molecule has 0 spiro atoms. The average molecular weight is 328 g/mol. The van der Waals surface area contributed by atoms with E-state index in [1.165, 1.54) is 11.3 Å². The number of nitrogens with one attached hydrogen (secondary N) is 1. The summed E-state index contributed by atoms with van der Waals surface area (Å²) in [6, 6.07) is 5.96. The Balaban J connectivity index is 2.35. The fourth-order valence-electron chi connectivity index (χ4n) is 1.54. The molecule has 4 nitrogen and oxygen atoms in total.